The molecule has 0 aromatic carbocycles. The summed E-state index contributed by atoms with van der Waals surface area (Å²) in [5.74, 6) is 1.89. The van der Waals surface area contributed by atoms with Crippen LogP contribution in [0.2, 0.25) is 0 Å². The Kier molecular flexibility index (Phi) is 25.2. The van der Waals surface area contributed by atoms with Crippen LogP contribution >= 0.6 is 0 Å². The quantitative estimate of drug-likeness (QED) is 0.268. The Bertz CT molecular complexity index is 145. The molecule has 0 N–H and O–H groups in total. The molecule has 0 aliphatic heterocycles. The van der Waals surface area contributed by atoms with E-state index in [1.54, 1.807) is 0 Å². The minimum atomic E-state index is 0. The molecule has 0 rings (SSSR count). The van der Waals surface area contributed by atoms with Gasteiger partial charge in [0.15, 0.2) is 0 Å². The Labute approximate surface area is 149 Å². The van der Waals surface area contributed by atoms with Crippen molar-refractivity contribution in [1.82, 2.24) is 0 Å². The molecule has 0 heterocycles. The molecule has 0 fully saturated rings. The maximum Gasteiger partial charge on any atom is 0 e. The summed E-state index contributed by atoms with van der Waals surface area (Å²) in [6, 6.07) is 0. The minimum absolute atomic E-state index is 0. The predicted octanol–water partition coefficient (Wildman–Crippen LogP) is 6.85. The van der Waals surface area contributed by atoms with E-state index in [0.717, 1.165) is 18.3 Å². The smallest absolute Gasteiger partial charge is 0 e. The number of unbranched alkanes of at least 4 members (excludes halogenated alkanes) is 5. The van der Waals surface area contributed by atoms with Gasteiger partial charge in [0.25, 0.3) is 0 Å². The molecule has 1 heteroatoms. The minimum Gasteiger partial charge on any atom is -0.358 e. The van der Waals surface area contributed by atoms with Gasteiger partial charge in [0.05, 0.1) is 0 Å². The number of rotatable bonds is 12. The molecule has 0 saturated heterocycles. The van der Waals surface area contributed by atoms with Gasteiger partial charge in [0.1, 0.15) is 0 Å². The summed E-state index contributed by atoms with van der Waals surface area (Å²) >= 11 is 0. The third kappa shape index (κ3) is 19.1. The topological polar surface area (TPSA) is 0 Å². The Morgan fingerprint density at radius 3 is 1.79 bits per heavy atom. The van der Waals surface area contributed by atoms with Crippen molar-refractivity contribution in [2.75, 3.05) is 0 Å². The van der Waals surface area contributed by atoms with Gasteiger partial charge in [-0.3, -0.25) is 0 Å². The van der Waals surface area contributed by atoms with E-state index >= 15 is 0 Å². The summed E-state index contributed by atoms with van der Waals surface area (Å²) in [6.07, 6.45) is 15.3. The summed E-state index contributed by atoms with van der Waals surface area (Å²) in [7, 11) is 0. The molecule has 19 heavy (non-hydrogen) atoms. The van der Waals surface area contributed by atoms with Crippen LogP contribution in [0, 0.1) is 26.2 Å². The monoisotopic (exact) mass is 343 g/mol. The molecule has 0 amide bonds. The second kappa shape index (κ2) is 19.1. The van der Waals surface area contributed by atoms with Gasteiger partial charge < -0.3 is 14.4 Å². The molecule has 2 unspecified atom stereocenters. The first-order valence-corrected chi connectivity index (χ1v) is 7.99. The van der Waals surface area contributed by atoms with Crippen molar-refractivity contribution < 1.29 is 32.7 Å². The van der Waals surface area contributed by atoms with Crippen LogP contribution < -0.4 is 0 Å². The van der Waals surface area contributed by atoms with E-state index in [2.05, 4.69) is 27.7 Å². The van der Waals surface area contributed by atoms with Gasteiger partial charge >= 0.3 is 0 Å². The zero-order chi connectivity index (χ0) is 12.9. The van der Waals surface area contributed by atoms with Crippen LogP contribution in [0.25, 0.3) is 0 Å². The maximum absolute atomic E-state index is 3.89. The van der Waals surface area contributed by atoms with E-state index in [4.69, 9.17) is 0 Å². The fraction of sp³-hybridized carbons (Fsp3) is 0.889. The third-order valence-electron chi connectivity index (χ3n) is 4.04. The summed E-state index contributed by atoms with van der Waals surface area (Å²) in [5.41, 5.74) is 0. The summed E-state index contributed by atoms with van der Waals surface area (Å²) in [5, 5.41) is 0. The Morgan fingerprint density at radius 1 is 0.737 bits per heavy atom. The zero-order valence-corrected chi connectivity index (χ0v) is 17.1. The summed E-state index contributed by atoms with van der Waals surface area (Å²) < 4.78 is 0. The molecule has 2 atom stereocenters. The first kappa shape index (κ1) is 25.1. The molecular weight excluding hydrogens is 305 g/mol. The Morgan fingerprint density at radius 2 is 1.21 bits per heavy atom. The van der Waals surface area contributed by atoms with Crippen molar-refractivity contribution in [1.29, 1.82) is 0 Å². The van der Waals surface area contributed by atoms with Crippen molar-refractivity contribution in [3.63, 3.8) is 0 Å². The van der Waals surface area contributed by atoms with Crippen LogP contribution in [0.15, 0.2) is 0 Å². The van der Waals surface area contributed by atoms with Gasteiger partial charge in [-0.15, -0.1) is 0 Å². The van der Waals surface area contributed by atoms with E-state index in [9.17, 15) is 0 Å². The van der Waals surface area contributed by atoms with Crippen molar-refractivity contribution in [2.45, 2.75) is 91.4 Å². The van der Waals surface area contributed by atoms with Gasteiger partial charge in [-0.2, -0.15) is 6.42 Å². The van der Waals surface area contributed by atoms with E-state index in [1.807, 2.05) is 0 Å². The second-order valence-corrected chi connectivity index (χ2v) is 5.96. The first-order valence-electron chi connectivity index (χ1n) is 7.99. The number of hydrogen-bond donors (Lipinski definition) is 0. The van der Waals surface area contributed by atoms with E-state index in [-0.39, 0.29) is 40.1 Å². The van der Waals surface area contributed by atoms with Crippen LogP contribution in [-0.4, -0.2) is 0 Å². The second-order valence-electron chi connectivity index (χ2n) is 5.96. The number of hydrogen-bond acceptors (Lipinski definition) is 0. The maximum atomic E-state index is 3.89. The molecule has 0 aromatic rings. The van der Waals surface area contributed by atoms with Crippen LogP contribution in [0.5, 0.6) is 0 Å². The molecular formula is C18H38Y-2. The molecule has 0 spiro atoms. The first-order chi connectivity index (χ1) is 8.20. The van der Waals surface area contributed by atoms with Crippen molar-refractivity contribution in [2.24, 2.45) is 11.8 Å². The third-order valence-corrected chi connectivity index (χ3v) is 4.04. The molecule has 0 aliphatic carbocycles. The average molecular weight is 343 g/mol. The van der Waals surface area contributed by atoms with E-state index < -0.39 is 0 Å². The fourth-order valence-corrected chi connectivity index (χ4v) is 2.36. The Hall–Kier alpha value is 1.10. The van der Waals surface area contributed by atoms with Crippen LogP contribution in [-0.2, 0) is 32.7 Å². The van der Waals surface area contributed by atoms with Crippen LogP contribution in [0.4, 0.5) is 0 Å². The van der Waals surface area contributed by atoms with Crippen LogP contribution in [0.3, 0.4) is 0 Å². The van der Waals surface area contributed by atoms with Gasteiger partial charge in [-0.05, 0) is 11.8 Å². The average Bonchev–Trinajstić information content (AvgIpc) is 2.33. The van der Waals surface area contributed by atoms with E-state index in [1.165, 1.54) is 64.2 Å². The summed E-state index contributed by atoms with van der Waals surface area (Å²) in [6.45, 7) is 11.0. The van der Waals surface area contributed by atoms with Gasteiger partial charge in [0, 0.05) is 32.7 Å². The molecule has 0 bridgehead atoms. The fourth-order valence-electron chi connectivity index (χ4n) is 2.36. The van der Waals surface area contributed by atoms with Crippen molar-refractivity contribution in [3.05, 3.63) is 14.4 Å². The Balaban J connectivity index is -0.00000128. The van der Waals surface area contributed by atoms with E-state index in [0.29, 0.717) is 0 Å². The van der Waals surface area contributed by atoms with Gasteiger partial charge in [-0.25, -0.2) is 0 Å². The standard InChI is InChI=1S/C17H35.CH3.Y/c1-5-7-8-9-10-11-13-17(4)15-12-14-16(3)6-2;;/h16-17H,1,5-15H2,2-4H3;1H3;/q2*-1;. The predicted molar refractivity (Wildman–Crippen MR) is 86.6 cm³/mol. The normalized spacial score (nSPS) is 13.3. The van der Waals surface area contributed by atoms with Crippen LogP contribution in [0.1, 0.15) is 91.4 Å². The van der Waals surface area contributed by atoms with Crippen molar-refractivity contribution >= 4 is 0 Å². The largest absolute Gasteiger partial charge is 0.358 e. The summed E-state index contributed by atoms with van der Waals surface area (Å²) in [4.78, 5) is 0. The van der Waals surface area contributed by atoms with Crippen molar-refractivity contribution in [3.8, 4) is 0 Å². The van der Waals surface area contributed by atoms with Gasteiger partial charge in [-0.1, -0.05) is 85.0 Å². The molecule has 115 valence electrons. The molecule has 0 saturated carbocycles. The molecule has 0 nitrogen and oxygen atoms in total. The van der Waals surface area contributed by atoms with Gasteiger partial charge in [0.2, 0.25) is 0 Å². The zero-order valence-electron chi connectivity index (χ0n) is 14.2. The SMILES string of the molecule is [CH2-]CCCCCCCC(C)CCCC(C)CC.[CH3-].[Y]. The molecule has 0 aromatic heterocycles. The molecule has 0 aliphatic rings. The molecule has 1 radical (unpaired) electrons.